The number of hydrogen-bond acceptors (Lipinski definition) is 5. The van der Waals surface area contributed by atoms with E-state index in [0.29, 0.717) is 11.6 Å². The molecule has 0 N–H and O–H groups in total. The Bertz CT molecular complexity index is 549. The molecule has 1 aromatic carbocycles. The minimum atomic E-state index is -0.571. The van der Waals surface area contributed by atoms with Gasteiger partial charge in [0, 0.05) is 38.8 Å². The van der Waals surface area contributed by atoms with Crippen molar-refractivity contribution >= 4 is 11.4 Å². The predicted molar refractivity (Wildman–Crippen MR) is 80.6 cm³/mol. The fourth-order valence-corrected chi connectivity index (χ4v) is 3.22. The molecule has 0 unspecified atom stereocenters. The van der Waals surface area contributed by atoms with E-state index in [4.69, 9.17) is 4.74 Å². The lowest BCUT2D eigenvalue weighted by atomic mass is 10.1. The molecule has 120 valence electrons. The van der Waals surface area contributed by atoms with Crippen molar-refractivity contribution in [3.63, 3.8) is 0 Å². The van der Waals surface area contributed by atoms with E-state index in [1.807, 2.05) is 4.90 Å². The fourth-order valence-electron chi connectivity index (χ4n) is 3.22. The number of benzene rings is 1. The quantitative estimate of drug-likeness (QED) is 0.628. The van der Waals surface area contributed by atoms with Crippen LogP contribution in [-0.2, 0) is 4.74 Å². The first-order valence-corrected chi connectivity index (χ1v) is 7.62. The molecule has 0 saturated carbocycles. The summed E-state index contributed by atoms with van der Waals surface area (Å²) in [5.74, 6) is -0.00563. The third-order valence-electron chi connectivity index (χ3n) is 4.39. The number of nitro groups is 1. The zero-order chi connectivity index (χ0) is 15.5. The summed E-state index contributed by atoms with van der Waals surface area (Å²) in [6, 6.07) is 3.89. The normalized spacial score (nSPS) is 23.0. The Balaban J connectivity index is 1.61. The van der Waals surface area contributed by atoms with Crippen LogP contribution in [-0.4, -0.2) is 55.8 Å². The van der Waals surface area contributed by atoms with Crippen LogP contribution >= 0.6 is 0 Å². The van der Waals surface area contributed by atoms with E-state index in [1.165, 1.54) is 12.1 Å². The number of nitrogens with zero attached hydrogens (tertiary/aromatic N) is 3. The summed E-state index contributed by atoms with van der Waals surface area (Å²) in [4.78, 5) is 14.5. The van der Waals surface area contributed by atoms with Gasteiger partial charge < -0.3 is 9.64 Å². The van der Waals surface area contributed by atoms with Crippen LogP contribution in [0, 0.1) is 21.8 Å². The zero-order valence-corrected chi connectivity index (χ0v) is 12.4. The lowest BCUT2D eigenvalue weighted by molar-refractivity contribution is -0.385. The van der Waals surface area contributed by atoms with Crippen molar-refractivity contribution < 1.29 is 14.1 Å². The van der Waals surface area contributed by atoms with Gasteiger partial charge in [-0.2, -0.15) is 0 Å². The van der Waals surface area contributed by atoms with Gasteiger partial charge >= 0.3 is 0 Å². The van der Waals surface area contributed by atoms with E-state index in [9.17, 15) is 14.5 Å². The van der Waals surface area contributed by atoms with Crippen molar-refractivity contribution in [1.29, 1.82) is 0 Å². The number of halogens is 1. The summed E-state index contributed by atoms with van der Waals surface area (Å²) in [5.41, 5.74) is 0.264. The van der Waals surface area contributed by atoms with Crippen LogP contribution in [0.5, 0.6) is 0 Å². The maximum Gasteiger partial charge on any atom is 0.272 e. The minimum Gasteiger partial charge on any atom is -0.379 e. The SMILES string of the molecule is O=[N+]([O-])c1ccc(N2CC[C@@H](CN3CCOCC3)C2)c(F)c1. The highest BCUT2D eigenvalue weighted by molar-refractivity contribution is 5.53. The highest BCUT2D eigenvalue weighted by atomic mass is 19.1. The first-order chi connectivity index (χ1) is 10.6. The molecule has 0 aliphatic carbocycles. The van der Waals surface area contributed by atoms with Crippen molar-refractivity contribution in [2.24, 2.45) is 5.92 Å². The summed E-state index contributed by atoms with van der Waals surface area (Å²) in [6.07, 6.45) is 1.02. The Hall–Kier alpha value is -1.73. The first-order valence-electron chi connectivity index (χ1n) is 7.62. The fraction of sp³-hybridized carbons (Fsp3) is 0.600. The molecule has 1 atom stereocenters. The van der Waals surface area contributed by atoms with E-state index >= 15 is 0 Å². The Morgan fingerprint density at radius 1 is 1.32 bits per heavy atom. The molecule has 3 rings (SSSR count). The molecule has 2 aliphatic rings. The van der Waals surface area contributed by atoms with Crippen LogP contribution in [0.25, 0.3) is 0 Å². The van der Waals surface area contributed by atoms with Crippen molar-refractivity contribution in [1.82, 2.24) is 4.90 Å². The molecule has 2 saturated heterocycles. The highest BCUT2D eigenvalue weighted by Gasteiger charge is 2.27. The largest absolute Gasteiger partial charge is 0.379 e. The molecule has 2 aliphatic heterocycles. The molecule has 6 nitrogen and oxygen atoms in total. The monoisotopic (exact) mass is 309 g/mol. The van der Waals surface area contributed by atoms with Crippen LogP contribution in [0.2, 0.25) is 0 Å². The summed E-state index contributed by atoms with van der Waals surface area (Å²) >= 11 is 0. The first kappa shape index (κ1) is 15.2. The molecular weight excluding hydrogens is 289 g/mol. The topological polar surface area (TPSA) is 58.9 Å². The van der Waals surface area contributed by atoms with Crippen LogP contribution in [0.3, 0.4) is 0 Å². The molecule has 0 spiro atoms. The number of hydrogen-bond donors (Lipinski definition) is 0. The van der Waals surface area contributed by atoms with Gasteiger partial charge in [0.05, 0.1) is 29.9 Å². The van der Waals surface area contributed by atoms with Gasteiger partial charge in [0.25, 0.3) is 5.69 Å². The van der Waals surface area contributed by atoms with Gasteiger partial charge in [-0.1, -0.05) is 0 Å². The van der Waals surface area contributed by atoms with Crippen molar-refractivity contribution in [2.45, 2.75) is 6.42 Å². The smallest absolute Gasteiger partial charge is 0.272 e. The van der Waals surface area contributed by atoms with Crippen molar-refractivity contribution in [3.05, 3.63) is 34.1 Å². The molecule has 2 fully saturated rings. The highest BCUT2D eigenvalue weighted by Crippen LogP contribution is 2.29. The Labute approximate surface area is 128 Å². The lowest BCUT2D eigenvalue weighted by Crippen LogP contribution is -2.39. The number of non-ortho nitro benzene ring substituents is 1. The third kappa shape index (κ3) is 3.36. The second kappa shape index (κ2) is 6.58. The Morgan fingerprint density at radius 3 is 2.77 bits per heavy atom. The number of rotatable bonds is 4. The van der Waals surface area contributed by atoms with Gasteiger partial charge in [0.1, 0.15) is 0 Å². The average molecular weight is 309 g/mol. The molecular formula is C15H20FN3O3. The third-order valence-corrected chi connectivity index (χ3v) is 4.39. The molecule has 0 amide bonds. The van der Waals surface area contributed by atoms with E-state index in [2.05, 4.69) is 4.90 Å². The Kier molecular flexibility index (Phi) is 4.54. The van der Waals surface area contributed by atoms with E-state index in [1.54, 1.807) is 0 Å². The molecule has 2 heterocycles. The second-order valence-corrected chi connectivity index (χ2v) is 5.91. The van der Waals surface area contributed by atoms with E-state index in [-0.39, 0.29) is 5.69 Å². The van der Waals surface area contributed by atoms with Crippen LogP contribution in [0.4, 0.5) is 15.8 Å². The average Bonchev–Trinajstić information content (AvgIpc) is 2.96. The van der Waals surface area contributed by atoms with Gasteiger partial charge in [-0.15, -0.1) is 0 Å². The van der Waals surface area contributed by atoms with Crippen LogP contribution < -0.4 is 4.90 Å². The van der Waals surface area contributed by atoms with E-state index in [0.717, 1.165) is 58.4 Å². The van der Waals surface area contributed by atoms with Gasteiger partial charge in [0.15, 0.2) is 5.82 Å². The minimum absolute atomic E-state index is 0.203. The molecule has 22 heavy (non-hydrogen) atoms. The maximum atomic E-state index is 14.1. The van der Waals surface area contributed by atoms with Gasteiger partial charge in [-0.05, 0) is 18.4 Å². The molecule has 1 aromatic rings. The van der Waals surface area contributed by atoms with E-state index < -0.39 is 10.7 Å². The second-order valence-electron chi connectivity index (χ2n) is 5.91. The number of anilines is 1. The van der Waals surface area contributed by atoms with Crippen molar-refractivity contribution in [2.75, 3.05) is 50.8 Å². The zero-order valence-electron chi connectivity index (χ0n) is 12.4. The lowest BCUT2D eigenvalue weighted by Gasteiger charge is -2.29. The Morgan fingerprint density at radius 2 is 2.09 bits per heavy atom. The molecule has 0 radical (unpaired) electrons. The van der Waals surface area contributed by atoms with Gasteiger partial charge in [-0.3, -0.25) is 15.0 Å². The number of ether oxygens (including phenoxy) is 1. The van der Waals surface area contributed by atoms with Crippen LogP contribution in [0.1, 0.15) is 6.42 Å². The van der Waals surface area contributed by atoms with Gasteiger partial charge in [-0.25, -0.2) is 4.39 Å². The van der Waals surface area contributed by atoms with Crippen molar-refractivity contribution in [3.8, 4) is 0 Å². The predicted octanol–water partition coefficient (Wildman–Crippen LogP) is 1.89. The number of nitro benzene ring substituents is 1. The summed E-state index contributed by atoms with van der Waals surface area (Å²) in [7, 11) is 0. The maximum absolute atomic E-state index is 14.1. The molecule has 0 bridgehead atoms. The summed E-state index contributed by atoms with van der Waals surface area (Å²) in [6.45, 7) is 6.09. The summed E-state index contributed by atoms with van der Waals surface area (Å²) in [5, 5.41) is 10.7. The van der Waals surface area contributed by atoms with Gasteiger partial charge in [0.2, 0.25) is 0 Å². The standard InChI is InChI=1S/C15H20FN3O3/c16-14-9-13(19(20)21)1-2-15(14)18-4-3-12(11-18)10-17-5-7-22-8-6-17/h1-2,9,12H,3-8,10-11H2/t12-/m0/s1. The number of morpholine rings is 1. The van der Waals surface area contributed by atoms with Crippen LogP contribution in [0.15, 0.2) is 18.2 Å². The summed E-state index contributed by atoms with van der Waals surface area (Å²) < 4.78 is 19.4. The molecule has 7 heteroatoms. The molecule has 0 aromatic heterocycles.